The smallest absolute Gasteiger partial charge is 0.225 e. The van der Waals surface area contributed by atoms with Gasteiger partial charge in [-0.1, -0.05) is 11.6 Å². The van der Waals surface area contributed by atoms with E-state index in [9.17, 15) is 4.39 Å². The van der Waals surface area contributed by atoms with Crippen LogP contribution in [-0.2, 0) is 0 Å². The molecule has 0 bridgehead atoms. The van der Waals surface area contributed by atoms with E-state index in [2.05, 4.69) is 15.3 Å². The Kier molecular flexibility index (Phi) is 3.47. The SMILES string of the molecule is COc1cc(Nc2cc(F)ccc2Cl)nc(N)n1. The summed E-state index contributed by atoms with van der Waals surface area (Å²) in [5.41, 5.74) is 5.89. The Morgan fingerprint density at radius 1 is 1.33 bits per heavy atom. The molecule has 0 aliphatic heterocycles. The lowest BCUT2D eigenvalue weighted by molar-refractivity contribution is 0.398. The van der Waals surface area contributed by atoms with Gasteiger partial charge in [0.15, 0.2) is 0 Å². The summed E-state index contributed by atoms with van der Waals surface area (Å²) < 4.78 is 18.0. The highest BCUT2D eigenvalue weighted by Gasteiger charge is 2.06. The summed E-state index contributed by atoms with van der Waals surface area (Å²) in [6, 6.07) is 5.49. The van der Waals surface area contributed by atoms with Crippen LogP contribution in [0.4, 0.5) is 21.8 Å². The van der Waals surface area contributed by atoms with Crippen molar-refractivity contribution in [2.75, 3.05) is 18.2 Å². The average molecular weight is 269 g/mol. The largest absolute Gasteiger partial charge is 0.481 e. The van der Waals surface area contributed by atoms with Gasteiger partial charge in [0, 0.05) is 6.07 Å². The molecular weight excluding hydrogens is 259 g/mol. The molecule has 0 unspecified atom stereocenters. The molecule has 2 rings (SSSR count). The highest BCUT2D eigenvalue weighted by molar-refractivity contribution is 6.33. The normalized spacial score (nSPS) is 10.2. The van der Waals surface area contributed by atoms with Crippen molar-refractivity contribution in [1.82, 2.24) is 9.97 Å². The van der Waals surface area contributed by atoms with Gasteiger partial charge < -0.3 is 15.8 Å². The van der Waals surface area contributed by atoms with E-state index in [0.717, 1.165) is 0 Å². The van der Waals surface area contributed by atoms with Crippen molar-refractivity contribution in [2.24, 2.45) is 0 Å². The van der Waals surface area contributed by atoms with Crippen LogP contribution >= 0.6 is 11.6 Å². The zero-order valence-corrected chi connectivity index (χ0v) is 10.2. The van der Waals surface area contributed by atoms with Gasteiger partial charge in [-0.15, -0.1) is 0 Å². The lowest BCUT2D eigenvalue weighted by Gasteiger charge is -2.09. The monoisotopic (exact) mass is 268 g/mol. The van der Waals surface area contributed by atoms with Crippen LogP contribution < -0.4 is 15.8 Å². The number of benzene rings is 1. The predicted molar refractivity (Wildman–Crippen MR) is 67.7 cm³/mol. The first-order valence-electron chi connectivity index (χ1n) is 4.99. The number of nitrogen functional groups attached to an aromatic ring is 1. The van der Waals surface area contributed by atoms with Crippen molar-refractivity contribution in [2.45, 2.75) is 0 Å². The minimum absolute atomic E-state index is 0.0457. The van der Waals surface area contributed by atoms with Crippen molar-refractivity contribution in [3.63, 3.8) is 0 Å². The summed E-state index contributed by atoms with van der Waals surface area (Å²) in [6.07, 6.45) is 0. The van der Waals surface area contributed by atoms with Crippen molar-refractivity contribution in [3.8, 4) is 5.88 Å². The minimum Gasteiger partial charge on any atom is -0.481 e. The molecule has 0 fully saturated rings. The van der Waals surface area contributed by atoms with Gasteiger partial charge in [0.1, 0.15) is 11.6 Å². The van der Waals surface area contributed by atoms with Gasteiger partial charge in [-0.3, -0.25) is 0 Å². The van der Waals surface area contributed by atoms with E-state index in [1.54, 1.807) is 0 Å². The molecule has 18 heavy (non-hydrogen) atoms. The molecule has 1 aromatic carbocycles. The Morgan fingerprint density at radius 2 is 2.11 bits per heavy atom. The molecule has 7 heteroatoms. The number of aromatic nitrogens is 2. The summed E-state index contributed by atoms with van der Waals surface area (Å²) in [4.78, 5) is 7.77. The third-order valence-corrected chi connectivity index (χ3v) is 2.45. The van der Waals surface area contributed by atoms with Crippen LogP contribution in [0.1, 0.15) is 0 Å². The van der Waals surface area contributed by atoms with E-state index in [0.29, 0.717) is 22.4 Å². The number of nitrogens with zero attached hydrogens (tertiary/aromatic N) is 2. The molecule has 0 spiro atoms. The third-order valence-electron chi connectivity index (χ3n) is 2.12. The molecule has 3 N–H and O–H groups in total. The van der Waals surface area contributed by atoms with Gasteiger partial charge in [0.25, 0.3) is 0 Å². The molecule has 0 radical (unpaired) electrons. The maximum absolute atomic E-state index is 13.1. The fourth-order valence-corrected chi connectivity index (χ4v) is 1.51. The highest BCUT2D eigenvalue weighted by Crippen LogP contribution is 2.26. The lowest BCUT2D eigenvalue weighted by Crippen LogP contribution is -2.02. The van der Waals surface area contributed by atoms with Gasteiger partial charge in [0.2, 0.25) is 11.8 Å². The molecule has 0 aliphatic carbocycles. The standard InChI is InChI=1S/C11H10ClFN4O/c1-18-10-5-9(16-11(14)17-10)15-8-4-6(13)2-3-7(8)12/h2-5H,1H3,(H3,14,15,16,17). The molecule has 5 nitrogen and oxygen atoms in total. The van der Waals surface area contributed by atoms with E-state index in [1.807, 2.05) is 0 Å². The topological polar surface area (TPSA) is 73.1 Å². The maximum Gasteiger partial charge on any atom is 0.225 e. The first-order valence-corrected chi connectivity index (χ1v) is 5.37. The summed E-state index contributed by atoms with van der Waals surface area (Å²) in [7, 11) is 1.46. The second kappa shape index (κ2) is 5.05. The fraction of sp³-hybridized carbons (Fsp3) is 0.0909. The van der Waals surface area contributed by atoms with Crippen molar-refractivity contribution in [3.05, 3.63) is 35.1 Å². The number of hydrogen-bond acceptors (Lipinski definition) is 5. The number of nitrogens with one attached hydrogen (secondary N) is 1. The third kappa shape index (κ3) is 2.78. The molecule has 1 aromatic heterocycles. The Balaban J connectivity index is 2.33. The number of nitrogens with two attached hydrogens (primary N) is 1. The van der Waals surface area contributed by atoms with Crippen molar-refractivity contribution < 1.29 is 9.13 Å². The van der Waals surface area contributed by atoms with E-state index >= 15 is 0 Å². The van der Waals surface area contributed by atoms with Crippen LogP contribution in [0.5, 0.6) is 5.88 Å². The van der Waals surface area contributed by atoms with Gasteiger partial charge in [-0.25, -0.2) is 4.39 Å². The Morgan fingerprint density at radius 3 is 2.83 bits per heavy atom. The number of methoxy groups -OCH3 is 1. The number of rotatable bonds is 3. The van der Waals surface area contributed by atoms with Gasteiger partial charge in [0.05, 0.1) is 17.8 Å². The average Bonchev–Trinajstić information content (AvgIpc) is 2.33. The Bertz CT molecular complexity index is 579. The quantitative estimate of drug-likeness (QED) is 0.895. The van der Waals surface area contributed by atoms with Crippen LogP contribution in [0.15, 0.2) is 24.3 Å². The summed E-state index contributed by atoms with van der Waals surface area (Å²) in [5.74, 6) is 0.310. The van der Waals surface area contributed by atoms with Crippen LogP contribution in [0.3, 0.4) is 0 Å². The summed E-state index contributed by atoms with van der Waals surface area (Å²) in [5, 5.41) is 3.21. The van der Waals surface area contributed by atoms with Gasteiger partial charge >= 0.3 is 0 Å². The first-order chi connectivity index (χ1) is 8.58. The molecule has 0 amide bonds. The first kappa shape index (κ1) is 12.4. The van der Waals surface area contributed by atoms with E-state index in [-0.39, 0.29) is 5.95 Å². The number of ether oxygens (including phenoxy) is 1. The van der Waals surface area contributed by atoms with E-state index < -0.39 is 5.82 Å². The van der Waals surface area contributed by atoms with Crippen LogP contribution in [0, 0.1) is 5.82 Å². The van der Waals surface area contributed by atoms with Crippen LogP contribution in [0.25, 0.3) is 0 Å². The van der Waals surface area contributed by atoms with Crippen molar-refractivity contribution >= 4 is 29.1 Å². The zero-order chi connectivity index (χ0) is 13.1. The summed E-state index contributed by atoms with van der Waals surface area (Å²) in [6.45, 7) is 0. The Labute approximate surface area is 108 Å². The summed E-state index contributed by atoms with van der Waals surface area (Å²) >= 11 is 5.92. The van der Waals surface area contributed by atoms with Gasteiger partial charge in [-0.05, 0) is 18.2 Å². The minimum atomic E-state index is -0.407. The molecular formula is C11H10ClFN4O. The molecule has 94 valence electrons. The number of halogens is 2. The van der Waals surface area contributed by atoms with Crippen molar-refractivity contribution in [1.29, 1.82) is 0 Å². The van der Waals surface area contributed by atoms with Gasteiger partial charge in [-0.2, -0.15) is 9.97 Å². The van der Waals surface area contributed by atoms with Crippen LogP contribution in [-0.4, -0.2) is 17.1 Å². The molecule has 0 aliphatic rings. The second-order valence-electron chi connectivity index (χ2n) is 3.40. The van der Waals surface area contributed by atoms with Crippen LogP contribution in [0.2, 0.25) is 5.02 Å². The van der Waals surface area contributed by atoms with E-state index in [4.69, 9.17) is 22.1 Å². The molecule has 0 saturated carbocycles. The highest BCUT2D eigenvalue weighted by atomic mass is 35.5. The number of anilines is 3. The lowest BCUT2D eigenvalue weighted by atomic mass is 10.3. The molecule has 0 saturated heterocycles. The molecule has 1 heterocycles. The zero-order valence-electron chi connectivity index (χ0n) is 9.45. The molecule has 2 aromatic rings. The molecule has 0 atom stereocenters. The predicted octanol–water partition coefficient (Wildman–Crippen LogP) is 2.60. The Hall–Kier alpha value is -2.08. The number of hydrogen-bond donors (Lipinski definition) is 2. The maximum atomic E-state index is 13.1. The fourth-order valence-electron chi connectivity index (χ4n) is 1.34. The second-order valence-corrected chi connectivity index (χ2v) is 3.81. The van der Waals surface area contributed by atoms with E-state index in [1.165, 1.54) is 31.4 Å².